The minimum atomic E-state index is -3.84. The van der Waals surface area contributed by atoms with E-state index in [1.54, 1.807) is 74.5 Å². The van der Waals surface area contributed by atoms with Crippen LogP contribution in [0.2, 0.25) is 5.15 Å². The van der Waals surface area contributed by atoms with E-state index in [-0.39, 0.29) is 139 Å². The molecule has 8 heterocycles. The van der Waals surface area contributed by atoms with Gasteiger partial charge in [0.25, 0.3) is 11.8 Å². The molecule has 4 aromatic heterocycles. The largest absolute Gasteiger partial charge is 0.482 e. The first kappa shape index (κ1) is 116. The first-order valence-electron chi connectivity index (χ1n) is 48.2. The Morgan fingerprint density at radius 1 is 0.427 bits per heavy atom. The number of carbonyl (C=O) groups excluding carboxylic acids is 7. The third kappa shape index (κ3) is 28.8. The summed E-state index contributed by atoms with van der Waals surface area (Å²) >= 11 is 6.07. The number of hydrogen-bond donors (Lipinski definition) is 9. The molecule has 0 bridgehead atoms. The number of pyridine rings is 4. The second-order valence-corrected chi connectivity index (χ2v) is 44.4. The van der Waals surface area contributed by atoms with Crippen molar-refractivity contribution >= 4 is 161 Å². The van der Waals surface area contributed by atoms with Gasteiger partial charge >= 0.3 is 37.9 Å². The van der Waals surface area contributed by atoms with Crippen molar-refractivity contribution in [2.24, 2.45) is 11.8 Å². The van der Waals surface area contributed by atoms with Crippen molar-refractivity contribution in [2.45, 2.75) is 213 Å². The zero-order valence-corrected chi connectivity index (χ0v) is 88.4. The summed E-state index contributed by atoms with van der Waals surface area (Å²) in [6.07, 6.45) is 2.33. The van der Waals surface area contributed by atoms with Crippen LogP contribution in [0.1, 0.15) is 127 Å². The maximum absolute atomic E-state index is 13.9. The van der Waals surface area contributed by atoms with Gasteiger partial charge in [0.1, 0.15) is 75.6 Å². The van der Waals surface area contributed by atoms with Crippen molar-refractivity contribution < 1.29 is 151 Å². The Morgan fingerprint density at radius 3 is 1.02 bits per heavy atom. The number of benzene rings is 7. The van der Waals surface area contributed by atoms with Crippen LogP contribution in [0, 0.1) is 49.6 Å². The standard InChI is InChI=1S/C34H38N4O7S.C29H30N4O5S.C25H26N2O5.C19H21ClN2O5.Ar.BH2O2.2ClH/c1-5-23-19-34(23,31(40)37-46(42,43)25-15-16-25)36-29(39)28-18-24(20-38(28)32(41)45-33(2,3)4)44-30-26-14-10-9-13-22(26)17-27(35-30)21-11-7-6-8-12-21;1-2-20-16-29(20,28(35)33-39(36,37)22-12-13-22)32-26(34)25-15-21(17-30-25)38-27-23-11-7-6-10-19(23)14-24(31-27)18-8-4-3-5-9-18;1-25(2,3)32-24(30)27-15-18(14-21(27)23(28)29)31-22-19-12-8-7-11-17(19)13-20(26-22)16-9-5-4-6-10-16;1-19(2,3)27-18(25)22-10-12(9-14(22)17(23)24)26-16-13-7-5-4-6-11(13)8-15(20)21-16;;2-1-3;;/h5-14,17,23-25,28H,1,15-16,18-20H2,2-4H3,(H,36,39)(H,37,40);2-11,14,20-22,25,30H,1,12-13,15-17H2,(H,32,34)(H,33,35);4-13,18,21H,14-15H2,1-3H3,(H,28,29);4-8,12,14H,9-10H2,1-3H3,(H,23,24);;2-3H;2*1H/t23-,24-,28+,34-;20-,21-,25+,29-;18-,21+;12-,14+;;;;/m1111..../s1. The molecule has 150 heavy (non-hydrogen) atoms. The number of sulfonamides is 2. The van der Waals surface area contributed by atoms with Crippen LogP contribution in [0.3, 0.4) is 0 Å². The molecule has 12 atom stereocenters. The molecule has 9 N–H and O–H groups in total. The van der Waals surface area contributed by atoms with E-state index in [0.717, 1.165) is 71.2 Å². The Labute approximate surface area is 916 Å². The molecule has 19 rings (SSSR count). The second kappa shape index (κ2) is 48.8. The molecule has 795 valence electrons. The van der Waals surface area contributed by atoms with Crippen molar-refractivity contribution in [1.82, 2.24) is 60.0 Å². The van der Waals surface area contributed by atoms with Crippen molar-refractivity contribution in [3.8, 4) is 57.3 Å². The molecule has 8 fully saturated rings. The molecular weight excluding hydrogens is 2060 g/mol. The normalized spacial score (nSPS) is 21.9. The second-order valence-electron chi connectivity index (χ2n) is 40.1. The van der Waals surface area contributed by atoms with Crippen molar-refractivity contribution in [3.63, 3.8) is 0 Å². The fourth-order valence-corrected chi connectivity index (χ4v) is 20.8. The van der Waals surface area contributed by atoms with Gasteiger partial charge in [-0.2, -0.15) is 0 Å². The van der Waals surface area contributed by atoms with Crippen molar-refractivity contribution in [2.75, 3.05) is 26.2 Å². The SMILES string of the molecule is C=C[C@@H]1C[C@]1(NC(=O)[C@@H]1C[C@@H](Oc2nc(-c3ccccc3)cc3ccccc23)CN1)C(=O)NS(=O)(=O)C1CC1.C=C[C@@H]1C[C@]1(NC(=O)[C@@H]1C[C@@H](Oc2nc(-c3ccccc3)cc3ccccc23)CN1C(=O)OC(C)(C)C)C(=O)NS(=O)(=O)C1CC1.CC(C)(C)OC(=O)N1C[C@H](Oc2nc(-c3ccccc3)cc3ccccc23)C[C@H]1C(=O)O.CC(C)(C)OC(=O)N1C[C@H](Oc2nc(Cl)cc3ccccc23)C[C@H]1C(=O)O.Cl.Cl.O[B]O.[Ar]. The van der Waals surface area contributed by atoms with Crippen LogP contribution in [0.5, 0.6) is 23.5 Å². The minimum Gasteiger partial charge on any atom is -0.480 e. The molecule has 1 radical (unpaired) electrons. The molecule has 4 aliphatic heterocycles. The Kier molecular flexibility index (Phi) is 37.8. The van der Waals surface area contributed by atoms with Gasteiger partial charge in [0.15, 0.2) is 0 Å². The number of halogens is 3. The summed E-state index contributed by atoms with van der Waals surface area (Å²) in [6, 6.07) is 64.1. The Morgan fingerprint density at radius 2 is 0.713 bits per heavy atom. The minimum absolute atomic E-state index is 0. The van der Waals surface area contributed by atoms with E-state index < -0.39 is 155 Å². The van der Waals surface area contributed by atoms with E-state index in [9.17, 15) is 70.2 Å². The fraction of sp³-hybridized carbons (Fsp3) is 0.374. The number of nitrogens with zero attached hydrogens (tertiary/aromatic N) is 7. The first-order chi connectivity index (χ1) is 69.8. The molecule has 0 spiro atoms. The van der Waals surface area contributed by atoms with Gasteiger partial charge in [-0.15, -0.1) is 38.0 Å². The number of likely N-dealkylation sites (tertiary alicyclic amines) is 3. The van der Waals surface area contributed by atoms with E-state index >= 15 is 0 Å². The number of ether oxygens (including phenoxy) is 7. The quantitative estimate of drug-likeness (QED) is 0.0111. The number of carboxylic acids is 2. The average molecular weight is 2180 g/mol. The number of aromatic nitrogens is 4. The number of hydrogen-bond acceptors (Lipinski definition) is 27. The van der Waals surface area contributed by atoms with E-state index in [1.165, 1.54) is 20.8 Å². The Bertz CT molecular complexity index is 7060. The number of aliphatic carboxylic acids is 2. The zero-order valence-electron chi connectivity index (χ0n) is 83.6. The predicted molar refractivity (Wildman–Crippen MR) is 565 cm³/mol. The molecule has 0 unspecified atom stereocenters. The zero-order chi connectivity index (χ0) is 105. The summed E-state index contributed by atoms with van der Waals surface area (Å²) in [4.78, 5) is 137. The van der Waals surface area contributed by atoms with Crippen LogP contribution in [0.4, 0.5) is 14.4 Å². The van der Waals surface area contributed by atoms with Gasteiger partial charge in [0, 0.05) is 120 Å². The smallest absolute Gasteiger partial charge is 0.480 e. The molecule has 4 saturated heterocycles. The molecule has 43 heteroatoms. The summed E-state index contributed by atoms with van der Waals surface area (Å²) in [5.41, 5.74) is 0.0430. The number of carboxylic acid groups (broad SMARTS) is 2. The Hall–Kier alpha value is -12.5. The molecule has 11 aromatic rings. The summed E-state index contributed by atoms with van der Waals surface area (Å²) in [6.45, 7) is 23.8. The maximum Gasteiger partial charge on any atom is 0.482 e. The van der Waals surface area contributed by atoms with Gasteiger partial charge in [-0.1, -0.05) is 188 Å². The van der Waals surface area contributed by atoms with Crippen LogP contribution in [0.25, 0.3) is 76.9 Å². The number of carbonyl (C=O) groups is 9. The van der Waals surface area contributed by atoms with Crippen molar-refractivity contribution in [1.29, 1.82) is 0 Å². The molecule has 36 nitrogen and oxygen atoms in total. The monoisotopic (exact) mass is 2180 g/mol. The van der Waals surface area contributed by atoms with Gasteiger partial charge in [0.05, 0.1) is 53.3 Å². The van der Waals surface area contributed by atoms with Crippen LogP contribution < -0.4 is 44.3 Å². The molecule has 7 amide bonds. The third-order valence-electron chi connectivity index (χ3n) is 25.6. The van der Waals surface area contributed by atoms with E-state index in [1.807, 2.05) is 206 Å². The molecule has 8 aliphatic rings. The van der Waals surface area contributed by atoms with Crippen LogP contribution in [0.15, 0.2) is 238 Å². The van der Waals surface area contributed by atoms with Gasteiger partial charge < -0.3 is 69.4 Å². The van der Waals surface area contributed by atoms with Gasteiger partial charge in [-0.25, -0.2) is 60.7 Å². The van der Waals surface area contributed by atoms with Gasteiger partial charge in [-0.3, -0.25) is 43.3 Å². The van der Waals surface area contributed by atoms with E-state index in [4.69, 9.17) is 69.8 Å². The fourth-order valence-electron chi connectivity index (χ4n) is 17.9. The first-order valence-corrected chi connectivity index (χ1v) is 51.7. The van der Waals surface area contributed by atoms with Crippen molar-refractivity contribution in [3.05, 3.63) is 243 Å². The number of amides is 7. The predicted octanol–water partition coefficient (Wildman–Crippen LogP) is 14.8. The summed E-state index contributed by atoms with van der Waals surface area (Å²) in [5, 5.41) is 48.1. The maximum atomic E-state index is 13.9. The third-order valence-corrected chi connectivity index (χ3v) is 29.4. The number of rotatable bonds is 25. The molecular formula is C107H119ArBCl3N12O24S2. The van der Waals surface area contributed by atoms with Crippen LogP contribution in [-0.2, 0) is 63.0 Å². The van der Waals surface area contributed by atoms with Crippen LogP contribution >= 0.6 is 36.4 Å². The summed E-state index contributed by atoms with van der Waals surface area (Å²) < 4.78 is 95.4. The molecule has 4 aliphatic carbocycles. The van der Waals surface area contributed by atoms with Gasteiger partial charge in [0.2, 0.25) is 55.4 Å². The molecule has 4 saturated carbocycles. The summed E-state index contributed by atoms with van der Waals surface area (Å²) in [7, 11) is -7.57. The van der Waals surface area contributed by atoms with E-state index in [2.05, 4.69) is 43.5 Å². The van der Waals surface area contributed by atoms with E-state index in [0.29, 0.717) is 74.3 Å². The molecule has 7 aromatic carbocycles. The van der Waals surface area contributed by atoms with Crippen LogP contribution in [-0.4, -0.2) is 246 Å². The van der Waals surface area contributed by atoms with Gasteiger partial charge in [-0.05, 0) is 171 Å². The number of fused-ring (bicyclic) bond motifs is 4. The Balaban J connectivity index is 0.000000177. The topological polar surface area (TPSA) is 489 Å². The number of nitrogens with one attached hydrogen (secondary N) is 5. The average Bonchev–Trinajstić information content (AvgIpc) is 1.57. The summed E-state index contributed by atoms with van der Waals surface area (Å²) in [5.74, 6) is -3.89.